The van der Waals surface area contributed by atoms with E-state index in [0.717, 1.165) is 6.42 Å². The Kier molecular flexibility index (Phi) is 1.42. The van der Waals surface area contributed by atoms with Crippen molar-refractivity contribution in [3.8, 4) is 0 Å². The highest BCUT2D eigenvalue weighted by atomic mass is 16.3. The standard InChI is InChI=1S/C6H9NO2/c1-5(8)7-4-2-3-6(7)9/h8H,1-4H2. The second-order valence-corrected chi connectivity index (χ2v) is 2.07. The second-order valence-electron chi connectivity index (χ2n) is 2.07. The highest BCUT2D eigenvalue weighted by molar-refractivity contribution is 5.79. The minimum Gasteiger partial charge on any atom is -0.495 e. The first-order chi connectivity index (χ1) is 4.22. The van der Waals surface area contributed by atoms with E-state index in [1.807, 2.05) is 0 Å². The zero-order chi connectivity index (χ0) is 6.85. The van der Waals surface area contributed by atoms with Crippen molar-refractivity contribution in [1.29, 1.82) is 0 Å². The number of nitrogens with zero attached hydrogens (tertiary/aromatic N) is 1. The Bertz CT molecular complexity index is 153. The van der Waals surface area contributed by atoms with Gasteiger partial charge in [-0.05, 0) is 13.0 Å². The molecule has 0 aromatic carbocycles. The van der Waals surface area contributed by atoms with E-state index in [1.165, 1.54) is 4.90 Å². The number of carbonyl (C=O) groups is 1. The maximum Gasteiger partial charge on any atom is 0.229 e. The van der Waals surface area contributed by atoms with E-state index < -0.39 is 0 Å². The van der Waals surface area contributed by atoms with Crippen LogP contribution >= 0.6 is 0 Å². The van der Waals surface area contributed by atoms with E-state index in [0.29, 0.717) is 13.0 Å². The Labute approximate surface area is 53.6 Å². The molecule has 1 aliphatic heterocycles. The van der Waals surface area contributed by atoms with Crippen molar-refractivity contribution in [2.45, 2.75) is 12.8 Å². The monoisotopic (exact) mass is 127 g/mol. The molecule has 1 fully saturated rings. The summed E-state index contributed by atoms with van der Waals surface area (Å²) in [6.07, 6.45) is 1.37. The van der Waals surface area contributed by atoms with Crippen LogP contribution in [0.3, 0.4) is 0 Å². The van der Waals surface area contributed by atoms with Crippen molar-refractivity contribution in [2.24, 2.45) is 0 Å². The van der Waals surface area contributed by atoms with Gasteiger partial charge in [0, 0.05) is 13.0 Å². The third-order valence-corrected chi connectivity index (χ3v) is 1.38. The van der Waals surface area contributed by atoms with Gasteiger partial charge in [0.1, 0.15) is 0 Å². The Morgan fingerprint density at radius 1 is 1.78 bits per heavy atom. The predicted octanol–water partition coefficient (Wildman–Crippen LogP) is 0.638. The normalized spacial score (nSPS) is 18.7. The average Bonchev–Trinajstić information content (AvgIpc) is 2.13. The molecule has 1 rings (SSSR count). The van der Waals surface area contributed by atoms with Crippen LogP contribution in [0.25, 0.3) is 0 Å². The molecule has 9 heavy (non-hydrogen) atoms. The number of amides is 1. The lowest BCUT2D eigenvalue weighted by Crippen LogP contribution is -2.22. The van der Waals surface area contributed by atoms with Crippen molar-refractivity contribution < 1.29 is 9.90 Å². The van der Waals surface area contributed by atoms with Gasteiger partial charge in [0.05, 0.1) is 0 Å². The van der Waals surface area contributed by atoms with Gasteiger partial charge in [-0.2, -0.15) is 0 Å². The van der Waals surface area contributed by atoms with Gasteiger partial charge < -0.3 is 5.11 Å². The van der Waals surface area contributed by atoms with Crippen molar-refractivity contribution in [1.82, 2.24) is 4.90 Å². The molecule has 1 amide bonds. The molecule has 0 aromatic heterocycles. The van der Waals surface area contributed by atoms with Crippen LogP contribution in [0.15, 0.2) is 12.5 Å². The minimum atomic E-state index is -0.127. The third-order valence-electron chi connectivity index (χ3n) is 1.38. The van der Waals surface area contributed by atoms with Gasteiger partial charge in [-0.15, -0.1) is 0 Å². The van der Waals surface area contributed by atoms with Gasteiger partial charge in [0.25, 0.3) is 0 Å². The molecule has 0 bridgehead atoms. The fraction of sp³-hybridized carbons (Fsp3) is 0.500. The predicted molar refractivity (Wildman–Crippen MR) is 32.7 cm³/mol. The summed E-state index contributed by atoms with van der Waals surface area (Å²) in [7, 11) is 0. The molecule has 0 aliphatic carbocycles. The SMILES string of the molecule is C=C(O)N1CCCC1=O. The Morgan fingerprint density at radius 3 is 2.67 bits per heavy atom. The number of aliphatic hydroxyl groups excluding tert-OH is 1. The van der Waals surface area contributed by atoms with E-state index in [2.05, 4.69) is 6.58 Å². The smallest absolute Gasteiger partial charge is 0.229 e. The summed E-state index contributed by atoms with van der Waals surface area (Å²) >= 11 is 0. The number of rotatable bonds is 1. The van der Waals surface area contributed by atoms with E-state index >= 15 is 0 Å². The van der Waals surface area contributed by atoms with Crippen molar-refractivity contribution >= 4 is 5.91 Å². The van der Waals surface area contributed by atoms with Crippen LogP contribution in [0.1, 0.15) is 12.8 Å². The molecule has 0 atom stereocenters. The van der Waals surface area contributed by atoms with Crippen LogP contribution in [0.4, 0.5) is 0 Å². The average molecular weight is 127 g/mol. The topological polar surface area (TPSA) is 40.5 Å². The zero-order valence-electron chi connectivity index (χ0n) is 5.13. The van der Waals surface area contributed by atoms with Gasteiger partial charge in [-0.3, -0.25) is 9.69 Å². The van der Waals surface area contributed by atoms with Crippen molar-refractivity contribution in [3.05, 3.63) is 12.5 Å². The van der Waals surface area contributed by atoms with Gasteiger partial charge in [-0.25, -0.2) is 0 Å². The molecule has 0 aromatic rings. The van der Waals surface area contributed by atoms with Gasteiger partial charge in [0.2, 0.25) is 5.91 Å². The molecule has 1 saturated heterocycles. The molecular formula is C6H9NO2. The van der Waals surface area contributed by atoms with Gasteiger partial charge in [-0.1, -0.05) is 0 Å². The summed E-state index contributed by atoms with van der Waals surface area (Å²) in [6, 6.07) is 0. The molecular weight excluding hydrogens is 118 g/mol. The fourth-order valence-corrected chi connectivity index (χ4v) is 0.921. The summed E-state index contributed by atoms with van der Waals surface area (Å²) in [5.41, 5.74) is 0. The van der Waals surface area contributed by atoms with Crippen LogP contribution in [0, 0.1) is 0 Å². The molecule has 0 radical (unpaired) electrons. The van der Waals surface area contributed by atoms with E-state index in [-0.39, 0.29) is 11.8 Å². The lowest BCUT2D eigenvalue weighted by Gasteiger charge is -2.11. The van der Waals surface area contributed by atoms with Crippen molar-refractivity contribution in [3.63, 3.8) is 0 Å². The zero-order valence-corrected chi connectivity index (χ0v) is 5.13. The summed E-state index contributed by atoms with van der Waals surface area (Å²) < 4.78 is 0. The number of hydrogen-bond acceptors (Lipinski definition) is 2. The Morgan fingerprint density at radius 2 is 2.44 bits per heavy atom. The van der Waals surface area contributed by atoms with Gasteiger partial charge in [0.15, 0.2) is 5.88 Å². The van der Waals surface area contributed by atoms with Crippen LogP contribution < -0.4 is 0 Å². The molecule has 50 valence electrons. The minimum absolute atomic E-state index is 0.0255. The summed E-state index contributed by atoms with van der Waals surface area (Å²) in [6.45, 7) is 3.87. The highest BCUT2D eigenvalue weighted by Crippen LogP contribution is 2.12. The molecule has 1 N–H and O–H groups in total. The summed E-state index contributed by atoms with van der Waals surface area (Å²) in [4.78, 5) is 12.0. The lowest BCUT2D eigenvalue weighted by molar-refractivity contribution is -0.127. The van der Waals surface area contributed by atoms with Crippen LogP contribution in [0.5, 0.6) is 0 Å². The Hall–Kier alpha value is -0.990. The molecule has 3 nitrogen and oxygen atoms in total. The maximum absolute atomic E-state index is 10.7. The van der Waals surface area contributed by atoms with Gasteiger partial charge >= 0.3 is 0 Å². The van der Waals surface area contributed by atoms with Crippen LogP contribution in [0.2, 0.25) is 0 Å². The molecule has 3 heteroatoms. The Balaban J connectivity index is 2.60. The second kappa shape index (κ2) is 2.09. The lowest BCUT2D eigenvalue weighted by atomic mass is 10.4. The number of hydrogen-bond donors (Lipinski definition) is 1. The quantitative estimate of drug-likeness (QED) is 0.525. The summed E-state index contributed by atoms with van der Waals surface area (Å²) in [5.74, 6) is -0.153. The molecule has 0 unspecified atom stereocenters. The highest BCUT2D eigenvalue weighted by Gasteiger charge is 2.21. The largest absolute Gasteiger partial charge is 0.495 e. The van der Waals surface area contributed by atoms with Crippen LogP contribution in [-0.2, 0) is 4.79 Å². The van der Waals surface area contributed by atoms with E-state index in [1.54, 1.807) is 0 Å². The number of likely N-dealkylation sites (tertiary alicyclic amines) is 1. The number of aliphatic hydroxyl groups is 1. The number of carbonyl (C=O) groups excluding carboxylic acids is 1. The van der Waals surface area contributed by atoms with Crippen molar-refractivity contribution in [2.75, 3.05) is 6.54 Å². The van der Waals surface area contributed by atoms with Crippen LogP contribution in [-0.4, -0.2) is 22.5 Å². The van der Waals surface area contributed by atoms with E-state index in [9.17, 15) is 4.79 Å². The third kappa shape index (κ3) is 1.04. The first-order valence-electron chi connectivity index (χ1n) is 2.90. The van der Waals surface area contributed by atoms with E-state index in [4.69, 9.17) is 5.11 Å². The fourth-order valence-electron chi connectivity index (χ4n) is 0.921. The molecule has 1 aliphatic rings. The first kappa shape index (κ1) is 6.13. The molecule has 0 spiro atoms. The summed E-state index contributed by atoms with van der Waals surface area (Å²) in [5, 5.41) is 8.73. The first-order valence-corrected chi connectivity index (χ1v) is 2.90. The maximum atomic E-state index is 10.7. The molecule has 1 heterocycles. The molecule has 0 saturated carbocycles.